The van der Waals surface area contributed by atoms with Crippen molar-refractivity contribution in [1.82, 2.24) is 5.32 Å². The normalized spacial score (nSPS) is 13.7. The number of carbonyl (C=O) groups excluding carboxylic acids is 4. The number of alkyl carbamates (subject to hydrolysis) is 1. The van der Waals surface area contributed by atoms with Crippen LogP contribution in [0, 0.1) is 5.92 Å². The van der Waals surface area contributed by atoms with E-state index in [-0.39, 0.29) is 6.29 Å². The zero-order valence-corrected chi connectivity index (χ0v) is 12.1. The van der Waals surface area contributed by atoms with Gasteiger partial charge < -0.3 is 24.3 Å². The Balaban J connectivity index is 5.07. The first-order valence-electron chi connectivity index (χ1n) is 5.76. The molecule has 0 bridgehead atoms. The van der Waals surface area contributed by atoms with Gasteiger partial charge in [-0.25, -0.2) is 9.59 Å². The average molecular weight is 289 g/mol. The van der Waals surface area contributed by atoms with Crippen LogP contribution in [0.5, 0.6) is 0 Å². The van der Waals surface area contributed by atoms with Gasteiger partial charge in [0.1, 0.15) is 23.8 Å². The van der Waals surface area contributed by atoms with Gasteiger partial charge in [-0.2, -0.15) is 0 Å². The van der Waals surface area contributed by atoms with Crippen molar-refractivity contribution in [2.45, 2.75) is 32.4 Å². The highest BCUT2D eigenvalue weighted by molar-refractivity contribution is 5.96. The third-order valence-corrected chi connectivity index (χ3v) is 2.11. The van der Waals surface area contributed by atoms with E-state index >= 15 is 0 Å². The number of amides is 1. The molecule has 0 aliphatic carbocycles. The zero-order chi connectivity index (χ0) is 15.9. The van der Waals surface area contributed by atoms with Crippen LogP contribution in [0.15, 0.2) is 0 Å². The molecule has 0 spiro atoms. The molecular weight excluding hydrogens is 270 g/mol. The highest BCUT2D eigenvalue weighted by Gasteiger charge is 2.37. The topological polar surface area (TPSA) is 108 Å². The summed E-state index contributed by atoms with van der Waals surface area (Å²) < 4.78 is 13.8. The smallest absolute Gasteiger partial charge is 0.408 e. The molecule has 1 unspecified atom stereocenters. The van der Waals surface area contributed by atoms with Crippen LogP contribution >= 0.6 is 0 Å². The maximum atomic E-state index is 11.6. The molecule has 0 aromatic carbocycles. The number of nitrogens with one attached hydrogen (secondary N) is 1. The maximum absolute atomic E-state index is 11.6. The molecule has 1 amide bonds. The Morgan fingerprint density at radius 2 is 1.55 bits per heavy atom. The van der Waals surface area contributed by atoms with Crippen LogP contribution in [0.3, 0.4) is 0 Å². The number of methoxy groups -OCH3 is 2. The zero-order valence-electron chi connectivity index (χ0n) is 12.1. The van der Waals surface area contributed by atoms with E-state index < -0.39 is 35.6 Å². The minimum absolute atomic E-state index is 0.199. The Morgan fingerprint density at radius 1 is 1.05 bits per heavy atom. The Kier molecular flexibility index (Phi) is 6.67. The van der Waals surface area contributed by atoms with E-state index in [4.69, 9.17) is 4.74 Å². The average Bonchev–Trinajstić information content (AvgIpc) is 2.34. The molecule has 114 valence electrons. The summed E-state index contributed by atoms with van der Waals surface area (Å²) in [5, 5.41) is 2.12. The molecule has 0 rings (SSSR count). The molecule has 0 aromatic rings. The lowest BCUT2D eigenvalue weighted by atomic mass is 10.0. The first-order valence-corrected chi connectivity index (χ1v) is 5.76. The van der Waals surface area contributed by atoms with E-state index in [2.05, 4.69) is 14.8 Å². The molecule has 0 aliphatic rings. The van der Waals surface area contributed by atoms with Crippen molar-refractivity contribution < 1.29 is 33.4 Å². The summed E-state index contributed by atoms with van der Waals surface area (Å²) >= 11 is 0. The molecule has 0 heterocycles. The van der Waals surface area contributed by atoms with Gasteiger partial charge in [0, 0.05) is 0 Å². The monoisotopic (exact) mass is 289 g/mol. The summed E-state index contributed by atoms with van der Waals surface area (Å²) in [7, 11) is 2.12. The summed E-state index contributed by atoms with van der Waals surface area (Å²) in [5.41, 5.74) is -0.799. The third kappa shape index (κ3) is 5.68. The van der Waals surface area contributed by atoms with Crippen molar-refractivity contribution in [1.29, 1.82) is 0 Å². The number of hydrogen-bond donors (Lipinski definition) is 1. The van der Waals surface area contributed by atoms with Gasteiger partial charge in [0.2, 0.25) is 0 Å². The van der Waals surface area contributed by atoms with Crippen molar-refractivity contribution in [3.8, 4) is 0 Å². The van der Waals surface area contributed by atoms with Crippen LogP contribution < -0.4 is 5.32 Å². The van der Waals surface area contributed by atoms with E-state index in [0.717, 1.165) is 14.2 Å². The van der Waals surface area contributed by atoms with Crippen molar-refractivity contribution >= 4 is 24.3 Å². The van der Waals surface area contributed by atoms with Crippen molar-refractivity contribution in [3.05, 3.63) is 0 Å². The van der Waals surface area contributed by atoms with Gasteiger partial charge in [-0.3, -0.25) is 4.79 Å². The lowest BCUT2D eigenvalue weighted by Gasteiger charge is -2.24. The molecule has 0 fully saturated rings. The van der Waals surface area contributed by atoms with Crippen molar-refractivity contribution in [2.24, 2.45) is 5.92 Å². The van der Waals surface area contributed by atoms with Crippen LogP contribution in [-0.4, -0.2) is 50.2 Å². The highest BCUT2D eigenvalue weighted by atomic mass is 16.6. The lowest BCUT2D eigenvalue weighted by molar-refractivity contribution is -0.155. The molecule has 8 heteroatoms. The molecule has 1 N–H and O–H groups in total. The highest BCUT2D eigenvalue weighted by Crippen LogP contribution is 2.10. The van der Waals surface area contributed by atoms with Gasteiger partial charge in [-0.1, -0.05) is 0 Å². The molecular formula is C12H19NO7. The van der Waals surface area contributed by atoms with E-state index in [0.29, 0.717) is 0 Å². The number of esters is 2. The third-order valence-electron chi connectivity index (χ3n) is 2.11. The minimum atomic E-state index is -1.51. The van der Waals surface area contributed by atoms with Gasteiger partial charge in [0.25, 0.3) is 0 Å². The molecule has 0 aliphatic heterocycles. The summed E-state index contributed by atoms with van der Waals surface area (Å²) in [6, 6.07) is -1.51. The fourth-order valence-corrected chi connectivity index (χ4v) is 1.26. The standard InChI is InChI=1S/C12H19NO7/c1-12(2,3)20-11(17)13-8(10(16)19-5)7(6-14)9(15)18-4/h6-8H,1-5H3,(H,13,17)/t7?,8-/m0/s1. The minimum Gasteiger partial charge on any atom is -0.468 e. The first-order chi connectivity index (χ1) is 9.16. The lowest BCUT2D eigenvalue weighted by Crippen LogP contribution is -2.51. The quantitative estimate of drug-likeness (QED) is 0.329. The van der Waals surface area contributed by atoms with Gasteiger partial charge in [-0.15, -0.1) is 0 Å². The van der Waals surface area contributed by atoms with E-state index in [9.17, 15) is 19.2 Å². The van der Waals surface area contributed by atoms with Crippen LogP contribution in [0.1, 0.15) is 20.8 Å². The SMILES string of the molecule is COC(=O)C(C=O)[C@H](NC(=O)OC(C)(C)C)C(=O)OC. The molecule has 0 aromatic heterocycles. The largest absolute Gasteiger partial charge is 0.468 e. The number of rotatable bonds is 5. The molecule has 0 saturated heterocycles. The predicted molar refractivity (Wildman–Crippen MR) is 66.7 cm³/mol. The van der Waals surface area contributed by atoms with Crippen LogP contribution in [0.4, 0.5) is 4.79 Å². The first kappa shape index (κ1) is 17.9. The second-order valence-corrected chi connectivity index (χ2v) is 4.83. The van der Waals surface area contributed by atoms with Crippen LogP contribution in [-0.2, 0) is 28.6 Å². The summed E-state index contributed by atoms with van der Waals surface area (Å²) in [5.74, 6) is -3.44. The van der Waals surface area contributed by atoms with Crippen LogP contribution in [0.2, 0.25) is 0 Å². The Bertz CT molecular complexity index is 386. The molecule has 20 heavy (non-hydrogen) atoms. The Hall–Kier alpha value is -2.12. The summed E-state index contributed by atoms with van der Waals surface area (Å²) in [4.78, 5) is 45.5. The van der Waals surface area contributed by atoms with Gasteiger partial charge in [0.05, 0.1) is 14.2 Å². The van der Waals surface area contributed by atoms with Crippen molar-refractivity contribution in [3.63, 3.8) is 0 Å². The van der Waals surface area contributed by atoms with Crippen LogP contribution in [0.25, 0.3) is 0 Å². The second-order valence-electron chi connectivity index (χ2n) is 4.83. The maximum Gasteiger partial charge on any atom is 0.408 e. The number of hydrogen-bond acceptors (Lipinski definition) is 7. The van der Waals surface area contributed by atoms with Gasteiger partial charge in [0.15, 0.2) is 0 Å². The van der Waals surface area contributed by atoms with E-state index in [1.54, 1.807) is 20.8 Å². The number of ether oxygens (including phenoxy) is 3. The number of carbonyl (C=O) groups is 4. The van der Waals surface area contributed by atoms with Gasteiger partial charge >= 0.3 is 18.0 Å². The van der Waals surface area contributed by atoms with E-state index in [1.165, 1.54) is 0 Å². The van der Waals surface area contributed by atoms with E-state index in [1.807, 2.05) is 0 Å². The summed E-state index contributed by atoms with van der Waals surface area (Å²) in [6.07, 6.45) is -0.756. The fourth-order valence-electron chi connectivity index (χ4n) is 1.26. The molecule has 2 atom stereocenters. The molecule has 8 nitrogen and oxygen atoms in total. The fraction of sp³-hybridized carbons (Fsp3) is 0.667. The Morgan fingerprint density at radius 3 is 1.90 bits per heavy atom. The molecule has 0 saturated carbocycles. The van der Waals surface area contributed by atoms with Crippen molar-refractivity contribution in [2.75, 3.05) is 14.2 Å². The second kappa shape index (κ2) is 7.46. The number of aldehydes is 1. The predicted octanol–water partition coefficient (Wildman–Crippen LogP) is 0.0408. The summed E-state index contributed by atoms with van der Waals surface area (Å²) in [6.45, 7) is 4.87. The Labute approximate surface area is 116 Å². The molecule has 0 radical (unpaired) electrons. The van der Waals surface area contributed by atoms with Gasteiger partial charge in [-0.05, 0) is 20.8 Å².